The van der Waals surface area contributed by atoms with Crippen molar-refractivity contribution in [1.82, 2.24) is 0 Å². The van der Waals surface area contributed by atoms with E-state index in [1.54, 1.807) is 0 Å². The summed E-state index contributed by atoms with van der Waals surface area (Å²) in [4.78, 5) is 0. The molecule has 0 aliphatic rings. The molecule has 0 rings (SSSR count). The summed E-state index contributed by atoms with van der Waals surface area (Å²) in [6, 6.07) is 0. The van der Waals surface area contributed by atoms with E-state index in [0.29, 0.717) is 0 Å². The van der Waals surface area contributed by atoms with Gasteiger partial charge in [0.2, 0.25) is 0 Å². The second-order valence-corrected chi connectivity index (χ2v) is 2.69. The molecule has 0 amide bonds. The van der Waals surface area contributed by atoms with Crippen LogP contribution in [0.5, 0.6) is 0 Å². The number of unbranched alkanes of at least 4 members (excludes halogenated alkanes) is 1. The first kappa shape index (κ1) is 5.62. The largest absolute Gasteiger partial charge is 0 e. The molecule has 0 bridgehead atoms. The summed E-state index contributed by atoms with van der Waals surface area (Å²) in [7, 11) is 0. The Kier molecular flexibility index (Phi) is 5.20. The van der Waals surface area contributed by atoms with Crippen LogP contribution in [0.3, 0.4) is 0 Å². The molecule has 0 atom stereocenters. The maximum absolute atomic E-state index is 2.23. The van der Waals surface area contributed by atoms with Gasteiger partial charge in [-0.2, -0.15) is 0 Å². The van der Waals surface area contributed by atoms with E-state index in [4.69, 9.17) is 0 Å². The van der Waals surface area contributed by atoms with Crippen molar-refractivity contribution in [3.05, 3.63) is 0 Å². The molecule has 29 valence electrons. The van der Waals surface area contributed by atoms with Crippen LogP contribution < -0.4 is 0 Å². The molecular formula is C4H11Zn. The van der Waals surface area contributed by atoms with Gasteiger partial charge in [-0.15, -0.1) is 0 Å². The molecule has 0 radical (unpaired) electrons. The molecule has 0 aromatic carbocycles. The van der Waals surface area contributed by atoms with Gasteiger partial charge in [0, 0.05) is 1.43 Å². The first-order valence-corrected chi connectivity index (χ1v) is 4.31. The topological polar surface area (TPSA) is 0 Å². The Morgan fingerprint density at radius 1 is 1.80 bits per heavy atom. The molecule has 1 heteroatoms. The molecule has 0 saturated heterocycles. The van der Waals surface area contributed by atoms with Crippen molar-refractivity contribution < 1.29 is 19.7 Å². The number of hydrogen-bond acceptors (Lipinski definition) is 0. The molecule has 0 heterocycles. The van der Waals surface area contributed by atoms with Crippen molar-refractivity contribution >= 4 is 0 Å². The quantitative estimate of drug-likeness (QED) is 0.494. The van der Waals surface area contributed by atoms with E-state index in [0.717, 1.165) is 0 Å². The Morgan fingerprint density at radius 2 is 2.40 bits per heavy atom. The summed E-state index contributed by atoms with van der Waals surface area (Å²) in [6.45, 7) is 2.23. The fourth-order valence-corrected chi connectivity index (χ4v) is 1.30. The third-order valence-electron chi connectivity index (χ3n) is 0.604. The maximum Gasteiger partial charge on any atom is 0 e. The Hall–Kier alpha value is 0.623. The van der Waals surface area contributed by atoms with Gasteiger partial charge in [-0.3, -0.25) is 0 Å². The Morgan fingerprint density at radius 3 is 2.40 bits per heavy atom. The zero-order valence-corrected chi connectivity index (χ0v) is 6.80. The molecule has 0 aromatic heterocycles. The average Bonchev–Trinajstić information content (AvgIpc) is 1.41. The van der Waals surface area contributed by atoms with E-state index in [-0.39, 0.29) is 1.43 Å². The SMILES string of the molecule is CCC[CH2][Zn].[HH]. The monoisotopic (exact) mass is 123 g/mol. The van der Waals surface area contributed by atoms with Crippen molar-refractivity contribution in [2.45, 2.75) is 24.8 Å². The third-order valence-corrected chi connectivity index (χ3v) is 1.65. The Balaban J connectivity index is 0. The van der Waals surface area contributed by atoms with Crippen molar-refractivity contribution in [1.29, 1.82) is 0 Å². The Bertz CT molecular complexity index is 15.0. The molecular weight excluding hydrogens is 113 g/mol. The molecule has 0 aliphatic carbocycles. The smallest absolute Gasteiger partial charge is 0 e. The minimum atomic E-state index is 0. The Labute approximate surface area is 45.1 Å². The zero-order chi connectivity index (χ0) is 4.12. The van der Waals surface area contributed by atoms with Gasteiger partial charge in [0.05, 0.1) is 0 Å². The van der Waals surface area contributed by atoms with E-state index in [1.165, 1.54) is 36.2 Å². The first-order valence-electron chi connectivity index (χ1n) is 2.21. The van der Waals surface area contributed by atoms with Crippen LogP contribution in [0.1, 0.15) is 21.2 Å². The molecule has 0 aromatic rings. The van der Waals surface area contributed by atoms with Gasteiger partial charge in [0.25, 0.3) is 0 Å². The van der Waals surface area contributed by atoms with E-state index in [9.17, 15) is 0 Å². The van der Waals surface area contributed by atoms with E-state index in [1.807, 2.05) is 0 Å². The minimum Gasteiger partial charge on any atom is 0 e. The van der Waals surface area contributed by atoms with Crippen molar-refractivity contribution in [2.75, 3.05) is 0 Å². The molecule has 0 aliphatic heterocycles. The number of hydrogen-bond donors (Lipinski definition) is 0. The zero-order valence-electron chi connectivity index (χ0n) is 3.83. The first-order chi connectivity index (χ1) is 2.41. The molecule has 0 N–H and O–H groups in total. The fraction of sp³-hybridized carbons (Fsp3) is 1.00. The molecule has 0 unspecified atom stereocenters. The van der Waals surface area contributed by atoms with Crippen LogP contribution in [0.4, 0.5) is 0 Å². The summed E-state index contributed by atoms with van der Waals surface area (Å²) in [5, 5.41) is 1.47. The third kappa shape index (κ3) is 4.62. The molecule has 0 fully saturated rings. The standard InChI is InChI=1S/C4H9.Zn.H2/c1-3-4-2;;/h1,3-4H2,2H3;;1H. The van der Waals surface area contributed by atoms with Gasteiger partial charge in [-0.05, 0) is 0 Å². The predicted octanol–water partition coefficient (Wildman–Crippen LogP) is 2.00. The van der Waals surface area contributed by atoms with Gasteiger partial charge in [0.15, 0.2) is 0 Å². The van der Waals surface area contributed by atoms with Crippen LogP contribution >= 0.6 is 0 Å². The second-order valence-electron chi connectivity index (χ2n) is 1.21. The van der Waals surface area contributed by atoms with E-state index >= 15 is 0 Å². The van der Waals surface area contributed by atoms with Gasteiger partial charge in [-0.1, -0.05) is 0 Å². The van der Waals surface area contributed by atoms with Gasteiger partial charge >= 0.3 is 43.1 Å². The predicted molar refractivity (Wildman–Crippen MR) is 21.8 cm³/mol. The fourth-order valence-electron chi connectivity index (χ4n) is 0.250. The van der Waals surface area contributed by atoms with Crippen molar-refractivity contribution in [3.63, 3.8) is 0 Å². The summed E-state index contributed by atoms with van der Waals surface area (Å²) < 4.78 is 0. The number of rotatable bonds is 2. The van der Waals surface area contributed by atoms with Crippen LogP contribution in [0.2, 0.25) is 5.02 Å². The molecule has 0 nitrogen and oxygen atoms in total. The summed E-state index contributed by atoms with van der Waals surface area (Å²) in [5.41, 5.74) is 0. The van der Waals surface area contributed by atoms with E-state index < -0.39 is 0 Å². The van der Waals surface area contributed by atoms with Gasteiger partial charge < -0.3 is 0 Å². The average molecular weight is 125 g/mol. The van der Waals surface area contributed by atoms with E-state index in [2.05, 4.69) is 6.92 Å². The van der Waals surface area contributed by atoms with Crippen LogP contribution in [0.25, 0.3) is 0 Å². The summed E-state index contributed by atoms with van der Waals surface area (Å²) >= 11 is 1.48. The van der Waals surface area contributed by atoms with Crippen LogP contribution in [-0.4, -0.2) is 0 Å². The second kappa shape index (κ2) is 4.62. The molecule has 0 spiro atoms. The summed E-state index contributed by atoms with van der Waals surface area (Å²) in [5.74, 6) is 0. The van der Waals surface area contributed by atoms with Gasteiger partial charge in [0.1, 0.15) is 0 Å². The molecule has 5 heavy (non-hydrogen) atoms. The summed E-state index contributed by atoms with van der Waals surface area (Å²) in [6.07, 6.45) is 2.82. The normalized spacial score (nSPS) is 8.60. The minimum absolute atomic E-state index is 0. The molecule has 0 saturated carbocycles. The van der Waals surface area contributed by atoms with Crippen LogP contribution in [0, 0.1) is 0 Å². The van der Waals surface area contributed by atoms with Gasteiger partial charge in [-0.25, -0.2) is 0 Å². The van der Waals surface area contributed by atoms with Crippen molar-refractivity contribution in [3.8, 4) is 0 Å². The van der Waals surface area contributed by atoms with Crippen LogP contribution in [0.15, 0.2) is 0 Å². The van der Waals surface area contributed by atoms with Crippen LogP contribution in [-0.2, 0) is 18.3 Å². The van der Waals surface area contributed by atoms with Crippen molar-refractivity contribution in [2.24, 2.45) is 0 Å². The maximum atomic E-state index is 2.23.